The monoisotopic (exact) mass is 234 g/mol. The summed E-state index contributed by atoms with van der Waals surface area (Å²) in [6, 6.07) is 4.00. The van der Waals surface area contributed by atoms with Gasteiger partial charge in [-0.05, 0) is 50.0 Å². The van der Waals surface area contributed by atoms with E-state index in [1.54, 1.807) is 12.4 Å². The lowest BCUT2D eigenvalue weighted by Crippen LogP contribution is -2.33. The molecule has 2 rings (SSSR count). The van der Waals surface area contributed by atoms with Crippen molar-refractivity contribution in [2.24, 2.45) is 0 Å². The van der Waals surface area contributed by atoms with Gasteiger partial charge in [-0.2, -0.15) is 0 Å². The Balaban J connectivity index is 1.99. The van der Waals surface area contributed by atoms with Crippen LogP contribution < -0.4 is 0 Å². The number of aliphatic hydroxyl groups is 1. The Bertz CT molecular complexity index is 341. The maximum atomic E-state index is 10.7. The summed E-state index contributed by atoms with van der Waals surface area (Å²) in [6.45, 7) is 5.41. The van der Waals surface area contributed by atoms with Gasteiger partial charge in [0.25, 0.3) is 0 Å². The summed E-state index contributed by atoms with van der Waals surface area (Å²) in [7, 11) is 0. The Morgan fingerprint density at radius 1 is 1.29 bits per heavy atom. The maximum absolute atomic E-state index is 10.7. The molecule has 1 aromatic heterocycles. The summed E-state index contributed by atoms with van der Waals surface area (Å²) in [5, 5.41) is 10.7. The van der Waals surface area contributed by atoms with Crippen LogP contribution in [0.3, 0.4) is 0 Å². The van der Waals surface area contributed by atoms with E-state index in [4.69, 9.17) is 0 Å². The molecule has 1 aliphatic rings. The first kappa shape index (κ1) is 12.5. The summed E-state index contributed by atoms with van der Waals surface area (Å²) in [6.07, 6.45) is 7.24. The van der Waals surface area contributed by atoms with Gasteiger partial charge in [0.05, 0.1) is 5.60 Å². The second-order valence-corrected chi connectivity index (χ2v) is 5.04. The van der Waals surface area contributed by atoms with Gasteiger partial charge in [0.2, 0.25) is 0 Å². The summed E-state index contributed by atoms with van der Waals surface area (Å²) >= 11 is 0. The van der Waals surface area contributed by atoms with Gasteiger partial charge in [-0.1, -0.05) is 6.92 Å². The van der Waals surface area contributed by atoms with Gasteiger partial charge < -0.3 is 10.0 Å². The zero-order valence-electron chi connectivity index (χ0n) is 10.6. The fraction of sp³-hybridized carbons (Fsp3) is 0.643. The van der Waals surface area contributed by atoms with Crippen molar-refractivity contribution in [3.8, 4) is 0 Å². The highest BCUT2D eigenvalue weighted by molar-refractivity contribution is 5.13. The Morgan fingerprint density at radius 2 is 2.06 bits per heavy atom. The number of hydrogen-bond acceptors (Lipinski definition) is 3. The van der Waals surface area contributed by atoms with Gasteiger partial charge >= 0.3 is 0 Å². The number of rotatable bonds is 3. The first-order valence-corrected chi connectivity index (χ1v) is 6.55. The third-order valence-electron chi connectivity index (χ3n) is 3.74. The quantitative estimate of drug-likeness (QED) is 0.867. The standard InChI is InChI=1S/C14H22N2O/c1-2-16-10-3-6-14(17,7-11-16)12-13-4-8-15-9-5-13/h4-5,8-9,17H,2-3,6-7,10-12H2,1H3. The molecular formula is C14H22N2O. The van der Waals surface area contributed by atoms with Crippen molar-refractivity contribution < 1.29 is 5.11 Å². The van der Waals surface area contributed by atoms with E-state index in [-0.39, 0.29) is 0 Å². The minimum atomic E-state index is -0.523. The molecule has 17 heavy (non-hydrogen) atoms. The van der Waals surface area contributed by atoms with E-state index in [0.717, 1.165) is 45.3 Å². The molecule has 1 atom stereocenters. The van der Waals surface area contributed by atoms with Crippen molar-refractivity contribution in [3.63, 3.8) is 0 Å². The van der Waals surface area contributed by atoms with Crippen LogP contribution in [0.4, 0.5) is 0 Å². The molecular weight excluding hydrogens is 212 g/mol. The van der Waals surface area contributed by atoms with E-state index >= 15 is 0 Å². The molecule has 1 aliphatic heterocycles. The topological polar surface area (TPSA) is 36.4 Å². The first-order valence-electron chi connectivity index (χ1n) is 6.55. The molecule has 1 N–H and O–H groups in total. The number of hydrogen-bond donors (Lipinski definition) is 1. The van der Waals surface area contributed by atoms with E-state index in [2.05, 4.69) is 16.8 Å². The Kier molecular flexibility index (Phi) is 4.13. The summed E-state index contributed by atoms with van der Waals surface area (Å²) in [5.41, 5.74) is 0.665. The van der Waals surface area contributed by atoms with Gasteiger partial charge in [0, 0.05) is 25.4 Å². The van der Waals surface area contributed by atoms with Crippen LogP contribution in [0, 0.1) is 0 Å². The summed E-state index contributed by atoms with van der Waals surface area (Å²) < 4.78 is 0. The SMILES string of the molecule is CCN1CCCC(O)(Cc2ccncc2)CC1. The summed E-state index contributed by atoms with van der Waals surface area (Å²) in [5.74, 6) is 0. The van der Waals surface area contributed by atoms with Crippen LogP contribution in [0.15, 0.2) is 24.5 Å². The third kappa shape index (κ3) is 3.51. The molecule has 1 aromatic rings. The van der Waals surface area contributed by atoms with Crippen molar-refractivity contribution in [2.45, 2.75) is 38.2 Å². The third-order valence-corrected chi connectivity index (χ3v) is 3.74. The Morgan fingerprint density at radius 3 is 2.76 bits per heavy atom. The molecule has 0 aromatic carbocycles. The van der Waals surface area contributed by atoms with Crippen LogP contribution in [0.25, 0.3) is 0 Å². The molecule has 94 valence electrons. The predicted octanol–water partition coefficient (Wildman–Crippen LogP) is 1.86. The molecule has 0 saturated carbocycles. The number of aromatic nitrogens is 1. The lowest BCUT2D eigenvalue weighted by Gasteiger charge is -2.27. The van der Waals surface area contributed by atoms with Crippen molar-refractivity contribution in [3.05, 3.63) is 30.1 Å². The number of nitrogens with zero attached hydrogens (tertiary/aromatic N) is 2. The maximum Gasteiger partial charge on any atom is 0.0700 e. The highest BCUT2D eigenvalue weighted by Gasteiger charge is 2.29. The average Bonchev–Trinajstić information content (AvgIpc) is 2.52. The molecule has 0 spiro atoms. The van der Waals surface area contributed by atoms with Crippen LogP contribution in [-0.4, -0.2) is 40.2 Å². The first-order chi connectivity index (χ1) is 8.22. The van der Waals surface area contributed by atoms with Crippen LogP contribution in [0.5, 0.6) is 0 Å². The van der Waals surface area contributed by atoms with Crippen molar-refractivity contribution >= 4 is 0 Å². The molecule has 0 bridgehead atoms. The zero-order valence-corrected chi connectivity index (χ0v) is 10.6. The molecule has 0 radical (unpaired) electrons. The van der Waals surface area contributed by atoms with Gasteiger partial charge in [-0.3, -0.25) is 4.98 Å². The molecule has 1 unspecified atom stereocenters. The Hall–Kier alpha value is -0.930. The fourth-order valence-electron chi connectivity index (χ4n) is 2.61. The van der Waals surface area contributed by atoms with E-state index < -0.39 is 5.60 Å². The van der Waals surface area contributed by atoms with E-state index in [0.29, 0.717) is 0 Å². The van der Waals surface area contributed by atoms with Crippen molar-refractivity contribution in [1.29, 1.82) is 0 Å². The largest absolute Gasteiger partial charge is 0.389 e. The molecule has 2 heterocycles. The molecule has 1 fully saturated rings. The van der Waals surface area contributed by atoms with Crippen molar-refractivity contribution in [2.75, 3.05) is 19.6 Å². The smallest absolute Gasteiger partial charge is 0.0700 e. The minimum Gasteiger partial charge on any atom is -0.389 e. The van der Waals surface area contributed by atoms with Gasteiger partial charge in [0.1, 0.15) is 0 Å². The molecule has 1 saturated heterocycles. The predicted molar refractivity (Wildman–Crippen MR) is 68.9 cm³/mol. The van der Waals surface area contributed by atoms with Gasteiger partial charge in [-0.15, -0.1) is 0 Å². The second kappa shape index (κ2) is 5.61. The molecule has 0 amide bonds. The normalized spacial score (nSPS) is 26.7. The second-order valence-electron chi connectivity index (χ2n) is 5.04. The van der Waals surface area contributed by atoms with Gasteiger partial charge in [0.15, 0.2) is 0 Å². The summed E-state index contributed by atoms with van der Waals surface area (Å²) in [4.78, 5) is 6.44. The van der Waals surface area contributed by atoms with Crippen LogP contribution in [0.1, 0.15) is 31.7 Å². The Labute approximate surface area is 103 Å². The highest BCUT2D eigenvalue weighted by Crippen LogP contribution is 2.26. The lowest BCUT2D eigenvalue weighted by molar-refractivity contribution is 0.0258. The highest BCUT2D eigenvalue weighted by atomic mass is 16.3. The van der Waals surface area contributed by atoms with E-state index in [9.17, 15) is 5.11 Å². The molecule has 3 heteroatoms. The molecule has 3 nitrogen and oxygen atoms in total. The molecule has 0 aliphatic carbocycles. The van der Waals surface area contributed by atoms with E-state index in [1.165, 1.54) is 5.56 Å². The fourth-order valence-corrected chi connectivity index (χ4v) is 2.61. The van der Waals surface area contributed by atoms with Crippen LogP contribution >= 0.6 is 0 Å². The lowest BCUT2D eigenvalue weighted by atomic mass is 9.88. The van der Waals surface area contributed by atoms with E-state index in [1.807, 2.05) is 12.1 Å². The number of pyridine rings is 1. The average molecular weight is 234 g/mol. The van der Waals surface area contributed by atoms with Crippen LogP contribution in [0.2, 0.25) is 0 Å². The number of likely N-dealkylation sites (tertiary alicyclic amines) is 1. The minimum absolute atomic E-state index is 0.523. The van der Waals surface area contributed by atoms with Crippen LogP contribution in [-0.2, 0) is 6.42 Å². The van der Waals surface area contributed by atoms with Crippen molar-refractivity contribution in [1.82, 2.24) is 9.88 Å². The zero-order chi connectivity index (χ0) is 12.1. The van der Waals surface area contributed by atoms with Gasteiger partial charge in [-0.25, -0.2) is 0 Å².